The van der Waals surface area contributed by atoms with E-state index in [1.54, 1.807) is 47.0 Å². The molecule has 0 aromatic heterocycles. The molecule has 0 saturated carbocycles. The number of aldehydes is 2. The Balaban J connectivity index is 1.29. The normalized spacial score (nSPS) is 21.7. The van der Waals surface area contributed by atoms with Crippen LogP contribution in [-0.4, -0.2) is 35.6 Å². The Morgan fingerprint density at radius 1 is 0.607 bits per heavy atom. The Hall–Kier alpha value is 1.10. The number of rotatable bonds is 7. The second-order valence-electron chi connectivity index (χ2n) is 6.02. The maximum atomic E-state index is 11.6. The highest BCUT2D eigenvalue weighted by Crippen LogP contribution is 2.61. The maximum Gasteiger partial charge on any atom is 0.147 e. The smallest absolute Gasteiger partial charge is 0.147 e. The van der Waals surface area contributed by atoms with Crippen LogP contribution in [0.1, 0.15) is 25.7 Å². The Kier molecular flexibility index (Phi) is 8.85. The summed E-state index contributed by atoms with van der Waals surface area (Å²) < 4.78 is 7.86. The van der Waals surface area contributed by atoms with Gasteiger partial charge in [0.25, 0.3) is 0 Å². The van der Waals surface area contributed by atoms with Crippen molar-refractivity contribution < 1.29 is 9.59 Å². The van der Waals surface area contributed by atoms with E-state index in [1.807, 2.05) is 47.0 Å². The van der Waals surface area contributed by atoms with Gasteiger partial charge in [-0.05, 0) is 25.7 Å². The molecule has 4 aliphatic rings. The molecule has 0 aromatic carbocycles. The van der Waals surface area contributed by atoms with Crippen molar-refractivity contribution in [2.24, 2.45) is 0 Å². The van der Waals surface area contributed by atoms with Crippen LogP contribution in [0, 0.1) is 0 Å². The van der Waals surface area contributed by atoms with Crippen molar-refractivity contribution in [2.45, 2.75) is 25.7 Å². The van der Waals surface area contributed by atoms with Crippen LogP contribution in [0.5, 0.6) is 0 Å². The molecule has 0 atom stereocenters. The minimum absolute atomic E-state index is 0.803. The number of thioether (sulfide) groups is 8. The van der Waals surface area contributed by atoms with Crippen LogP contribution in [0.15, 0.2) is 36.6 Å². The maximum absolute atomic E-state index is 11.6. The molecule has 28 heavy (non-hydrogen) atoms. The molecule has 0 unspecified atom stereocenters. The molecule has 150 valence electrons. The van der Waals surface area contributed by atoms with E-state index in [9.17, 15) is 9.59 Å². The van der Waals surface area contributed by atoms with Crippen LogP contribution < -0.4 is 0 Å². The Labute approximate surface area is 199 Å². The summed E-state index contributed by atoms with van der Waals surface area (Å²) in [5.41, 5.74) is 1.86. The molecule has 0 aromatic rings. The van der Waals surface area contributed by atoms with Crippen molar-refractivity contribution in [3.63, 3.8) is 0 Å². The first-order valence-corrected chi connectivity index (χ1v) is 16.1. The number of unbranched alkanes of at least 4 members (excludes halogenated alkanes) is 1. The SMILES string of the molecule is O=CC(CCCCC(C=O)=C1SC2=C(SCCS2)S1)=C1SC2=C(SCCS2)S1. The van der Waals surface area contributed by atoms with Crippen LogP contribution in [-0.2, 0) is 9.59 Å². The summed E-state index contributed by atoms with van der Waals surface area (Å²) in [7, 11) is 0. The van der Waals surface area contributed by atoms with Crippen molar-refractivity contribution in [2.75, 3.05) is 23.0 Å². The average Bonchev–Trinajstić information content (AvgIpc) is 3.34. The van der Waals surface area contributed by atoms with E-state index in [0.717, 1.165) is 72.4 Å². The van der Waals surface area contributed by atoms with E-state index in [4.69, 9.17) is 0 Å². The topological polar surface area (TPSA) is 34.1 Å². The van der Waals surface area contributed by atoms with Gasteiger partial charge in [-0.25, -0.2) is 0 Å². The van der Waals surface area contributed by atoms with Gasteiger partial charge in [0.05, 0.1) is 25.4 Å². The summed E-state index contributed by atoms with van der Waals surface area (Å²) in [6, 6.07) is 0. The summed E-state index contributed by atoms with van der Waals surface area (Å²) in [4.78, 5) is 23.3. The Bertz CT molecular complexity index is 689. The predicted molar refractivity (Wildman–Crippen MR) is 139 cm³/mol. The number of carbonyl (C=O) groups excluding carboxylic acids is 2. The summed E-state index contributed by atoms with van der Waals surface area (Å²) in [5.74, 6) is 4.65. The zero-order valence-corrected chi connectivity index (χ0v) is 21.4. The lowest BCUT2D eigenvalue weighted by molar-refractivity contribution is -0.105. The minimum atomic E-state index is 0.803. The van der Waals surface area contributed by atoms with E-state index in [-0.39, 0.29) is 0 Å². The molecule has 0 saturated heterocycles. The van der Waals surface area contributed by atoms with Crippen molar-refractivity contribution in [3.8, 4) is 0 Å². The largest absolute Gasteiger partial charge is 0.298 e. The fraction of sp³-hybridized carbons (Fsp3) is 0.444. The predicted octanol–water partition coefficient (Wildman–Crippen LogP) is 7.54. The summed E-state index contributed by atoms with van der Waals surface area (Å²) in [6.45, 7) is 0. The average molecular weight is 523 g/mol. The first-order chi connectivity index (χ1) is 13.8. The monoisotopic (exact) mass is 522 g/mol. The third-order valence-electron chi connectivity index (χ3n) is 4.13. The van der Waals surface area contributed by atoms with E-state index >= 15 is 0 Å². The molecule has 10 heteroatoms. The van der Waals surface area contributed by atoms with Gasteiger partial charge in [0.2, 0.25) is 0 Å². The van der Waals surface area contributed by atoms with Crippen molar-refractivity contribution in [1.82, 2.24) is 0 Å². The lowest BCUT2D eigenvalue weighted by atomic mass is 10.1. The van der Waals surface area contributed by atoms with Crippen LogP contribution in [0.25, 0.3) is 0 Å². The lowest BCUT2D eigenvalue weighted by Gasteiger charge is -2.08. The molecule has 0 bridgehead atoms. The highest BCUT2D eigenvalue weighted by molar-refractivity contribution is 8.42. The minimum Gasteiger partial charge on any atom is -0.298 e. The van der Waals surface area contributed by atoms with Gasteiger partial charge in [-0.15, -0.1) is 47.0 Å². The molecule has 0 amide bonds. The first-order valence-electron chi connectivity index (χ1n) is 8.86. The van der Waals surface area contributed by atoms with Crippen molar-refractivity contribution >= 4 is 107 Å². The van der Waals surface area contributed by atoms with Crippen LogP contribution in [0.2, 0.25) is 0 Å². The summed E-state index contributed by atoms with van der Waals surface area (Å²) in [6.07, 6.45) is 5.57. The van der Waals surface area contributed by atoms with Gasteiger partial charge in [0, 0.05) is 34.2 Å². The van der Waals surface area contributed by atoms with Crippen LogP contribution in [0.4, 0.5) is 0 Å². The highest BCUT2D eigenvalue weighted by atomic mass is 32.3. The molecular formula is C18H18O2S8. The number of hydrogen-bond donors (Lipinski definition) is 0. The second-order valence-corrected chi connectivity index (χ2v) is 16.1. The molecule has 0 N–H and O–H groups in total. The van der Waals surface area contributed by atoms with Crippen molar-refractivity contribution in [1.29, 1.82) is 0 Å². The van der Waals surface area contributed by atoms with E-state index in [1.165, 1.54) is 25.4 Å². The third kappa shape index (κ3) is 5.47. The second kappa shape index (κ2) is 11.1. The molecule has 0 spiro atoms. The summed E-state index contributed by atoms with van der Waals surface area (Å²) in [5, 5.41) is 0. The third-order valence-corrected chi connectivity index (χ3v) is 15.9. The molecule has 4 rings (SSSR count). The summed E-state index contributed by atoms with van der Waals surface area (Å²) >= 11 is 14.8. The van der Waals surface area contributed by atoms with Gasteiger partial charge < -0.3 is 0 Å². The van der Waals surface area contributed by atoms with Gasteiger partial charge in [-0.1, -0.05) is 47.0 Å². The standard InChI is InChI=1S/C18H18O2S8/c19-9-11(13-25-15-16(26-13)22-6-5-21-15)3-1-2-4-12(10-20)14-27-17-18(28-14)24-8-7-23-17/h9-10H,1-8H2. The van der Waals surface area contributed by atoms with Gasteiger partial charge in [0.15, 0.2) is 0 Å². The number of carbonyl (C=O) groups is 2. The number of hydrogen-bond acceptors (Lipinski definition) is 10. The molecule has 0 fully saturated rings. The first kappa shape index (κ1) is 22.3. The molecule has 4 heterocycles. The Morgan fingerprint density at radius 3 is 1.21 bits per heavy atom. The molecular weight excluding hydrogens is 505 g/mol. The van der Waals surface area contributed by atoms with Crippen LogP contribution >= 0.6 is 94.1 Å². The lowest BCUT2D eigenvalue weighted by Crippen LogP contribution is -1.92. The van der Waals surface area contributed by atoms with Gasteiger partial charge >= 0.3 is 0 Å². The number of allylic oxidation sites excluding steroid dienone is 2. The zero-order valence-electron chi connectivity index (χ0n) is 14.9. The zero-order chi connectivity index (χ0) is 19.3. The fourth-order valence-corrected chi connectivity index (χ4v) is 14.7. The highest BCUT2D eigenvalue weighted by Gasteiger charge is 2.28. The van der Waals surface area contributed by atoms with E-state index in [2.05, 4.69) is 0 Å². The van der Waals surface area contributed by atoms with Gasteiger partial charge in [-0.3, -0.25) is 9.59 Å². The van der Waals surface area contributed by atoms with Gasteiger partial charge in [-0.2, -0.15) is 0 Å². The van der Waals surface area contributed by atoms with E-state index in [0.29, 0.717) is 0 Å². The Morgan fingerprint density at radius 2 is 0.929 bits per heavy atom. The van der Waals surface area contributed by atoms with Crippen molar-refractivity contribution in [3.05, 3.63) is 36.6 Å². The van der Waals surface area contributed by atoms with E-state index < -0.39 is 0 Å². The quantitative estimate of drug-likeness (QED) is 0.190. The molecule has 0 radical (unpaired) electrons. The van der Waals surface area contributed by atoms with Gasteiger partial charge in [0.1, 0.15) is 12.6 Å². The van der Waals surface area contributed by atoms with Crippen LogP contribution in [0.3, 0.4) is 0 Å². The molecule has 2 nitrogen and oxygen atoms in total. The molecule has 4 aliphatic heterocycles. The fourth-order valence-electron chi connectivity index (χ4n) is 2.75. The molecule has 0 aliphatic carbocycles.